The number of hydrogen-bond donors (Lipinski definition) is 2. The Labute approximate surface area is 170 Å². The Balaban J connectivity index is 0.00000312. The first-order valence-corrected chi connectivity index (χ1v) is 9.93. The highest BCUT2D eigenvalue weighted by molar-refractivity contribution is 14.0. The molecule has 146 valence electrons. The zero-order valence-corrected chi connectivity index (χ0v) is 18.3. The van der Waals surface area contributed by atoms with Crippen LogP contribution in [0.5, 0.6) is 0 Å². The van der Waals surface area contributed by atoms with Crippen LogP contribution < -0.4 is 11.1 Å². The van der Waals surface area contributed by atoms with E-state index in [4.69, 9.17) is 10.7 Å². The number of amides is 1. The molecular weight excluding hydrogens is 427 g/mol. The number of nitrogens with zero attached hydrogens (tertiary/aromatic N) is 2. The molecule has 2 aliphatic rings. The van der Waals surface area contributed by atoms with E-state index < -0.39 is 0 Å². The summed E-state index contributed by atoms with van der Waals surface area (Å²) in [5.74, 6) is 2.91. The van der Waals surface area contributed by atoms with Crippen molar-refractivity contribution in [3.63, 3.8) is 0 Å². The van der Waals surface area contributed by atoms with Gasteiger partial charge >= 0.3 is 0 Å². The van der Waals surface area contributed by atoms with Crippen molar-refractivity contribution in [1.29, 1.82) is 0 Å². The van der Waals surface area contributed by atoms with E-state index in [0.717, 1.165) is 56.8 Å². The Kier molecular flexibility index (Phi) is 10.8. The molecule has 0 aromatic heterocycles. The second-order valence-electron chi connectivity index (χ2n) is 7.61. The SMILES string of the molecule is CCNC(=NCC1CCC(CC)CC1)N1CCCC(CC(N)=O)C1.I. The molecule has 1 heterocycles. The number of halogens is 1. The number of nitrogens with one attached hydrogen (secondary N) is 1. The molecule has 0 aromatic carbocycles. The first kappa shape index (κ1) is 22.5. The lowest BCUT2D eigenvalue weighted by Crippen LogP contribution is -2.47. The normalized spacial score (nSPS) is 27.5. The molecule has 1 atom stereocenters. The number of aliphatic imine (C=N–C) groups is 1. The maximum atomic E-state index is 11.2. The quantitative estimate of drug-likeness (QED) is 0.360. The summed E-state index contributed by atoms with van der Waals surface area (Å²) in [6.45, 7) is 8.19. The smallest absolute Gasteiger partial charge is 0.217 e. The van der Waals surface area contributed by atoms with E-state index in [1.807, 2.05) is 0 Å². The fourth-order valence-electron chi connectivity index (χ4n) is 4.17. The summed E-state index contributed by atoms with van der Waals surface area (Å²) in [6.07, 6.45) is 9.43. The number of hydrogen-bond acceptors (Lipinski definition) is 2. The van der Waals surface area contributed by atoms with E-state index in [2.05, 4.69) is 24.1 Å². The van der Waals surface area contributed by atoms with Gasteiger partial charge in [-0.3, -0.25) is 9.79 Å². The number of carbonyl (C=O) groups excluding carboxylic acids is 1. The molecule has 1 aliphatic carbocycles. The Morgan fingerprint density at radius 2 is 1.80 bits per heavy atom. The summed E-state index contributed by atoms with van der Waals surface area (Å²) in [6, 6.07) is 0. The summed E-state index contributed by atoms with van der Waals surface area (Å²) in [7, 11) is 0. The van der Waals surface area contributed by atoms with E-state index in [1.165, 1.54) is 32.1 Å². The van der Waals surface area contributed by atoms with Gasteiger partial charge in [0.1, 0.15) is 0 Å². The van der Waals surface area contributed by atoms with Gasteiger partial charge in [-0.05, 0) is 50.4 Å². The fraction of sp³-hybridized carbons (Fsp3) is 0.895. The maximum Gasteiger partial charge on any atom is 0.217 e. The molecule has 25 heavy (non-hydrogen) atoms. The summed E-state index contributed by atoms with van der Waals surface area (Å²) < 4.78 is 0. The summed E-state index contributed by atoms with van der Waals surface area (Å²) in [4.78, 5) is 18.5. The predicted molar refractivity (Wildman–Crippen MR) is 115 cm³/mol. The lowest BCUT2D eigenvalue weighted by molar-refractivity contribution is -0.119. The highest BCUT2D eigenvalue weighted by Gasteiger charge is 2.24. The number of guanidine groups is 1. The van der Waals surface area contributed by atoms with Crippen LogP contribution in [0.2, 0.25) is 0 Å². The van der Waals surface area contributed by atoms with Gasteiger partial charge in [0, 0.05) is 32.6 Å². The van der Waals surface area contributed by atoms with Gasteiger partial charge in [0.2, 0.25) is 5.91 Å². The summed E-state index contributed by atoms with van der Waals surface area (Å²) in [5.41, 5.74) is 5.38. The van der Waals surface area contributed by atoms with Crippen LogP contribution in [-0.2, 0) is 4.79 Å². The van der Waals surface area contributed by atoms with Gasteiger partial charge in [-0.15, -0.1) is 24.0 Å². The Bertz CT molecular complexity index is 422. The summed E-state index contributed by atoms with van der Waals surface area (Å²) in [5, 5.41) is 3.45. The van der Waals surface area contributed by atoms with Gasteiger partial charge in [-0.2, -0.15) is 0 Å². The van der Waals surface area contributed by atoms with Crippen LogP contribution in [-0.4, -0.2) is 42.9 Å². The van der Waals surface area contributed by atoms with Gasteiger partial charge in [-0.25, -0.2) is 0 Å². The number of likely N-dealkylation sites (tertiary alicyclic amines) is 1. The van der Waals surface area contributed by atoms with Crippen molar-refractivity contribution in [2.75, 3.05) is 26.2 Å². The second-order valence-corrected chi connectivity index (χ2v) is 7.61. The molecule has 1 saturated carbocycles. The largest absolute Gasteiger partial charge is 0.370 e. The number of nitrogens with two attached hydrogens (primary N) is 1. The average molecular weight is 464 g/mol. The van der Waals surface area contributed by atoms with E-state index in [9.17, 15) is 4.79 Å². The zero-order chi connectivity index (χ0) is 17.4. The minimum atomic E-state index is -0.184. The van der Waals surface area contributed by atoms with E-state index in [0.29, 0.717) is 12.3 Å². The lowest BCUT2D eigenvalue weighted by Gasteiger charge is -2.35. The second kappa shape index (κ2) is 12.0. The molecule has 0 bridgehead atoms. The van der Waals surface area contributed by atoms with Gasteiger partial charge in [0.05, 0.1) is 0 Å². The minimum absolute atomic E-state index is 0. The highest BCUT2D eigenvalue weighted by atomic mass is 127. The lowest BCUT2D eigenvalue weighted by atomic mass is 9.81. The number of rotatable bonds is 6. The molecule has 6 heteroatoms. The molecular formula is C19H37IN4O. The third-order valence-corrected chi connectivity index (χ3v) is 5.69. The molecule has 2 fully saturated rings. The van der Waals surface area contributed by atoms with Crippen molar-refractivity contribution in [2.24, 2.45) is 28.5 Å². The third kappa shape index (κ3) is 7.71. The van der Waals surface area contributed by atoms with Gasteiger partial charge < -0.3 is 16.0 Å². The maximum absolute atomic E-state index is 11.2. The standard InChI is InChI=1S/C19H36N4O.HI/c1-3-15-7-9-16(10-8-15)13-22-19(21-4-2)23-11-5-6-17(14-23)12-18(20)24;/h15-17H,3-14H2,1-2H3,(H2,20,24)(H,21,22);1H. The molecule has 0 radical (unpaired) electrons. The van der Waals surface area contributed by atoms with E-state index in [-0.39, 0.29) is 29.9 Å². The van der Waals surface area contributed by atoms with Gasteiger partial charge in [-0.1, -0.05) is 26.2 Å². The van der Waals surface area contributed by atoms with E-state index in [1.54, 1.807) is 0 Å². The van der Waals surface area contributed by atoms with Crippen LogP contribution in [0.25, 0.3) is 0 Å². The van der Waals surface area contributed by atoms with Crippen molar-refractivity contribution in [3.8, 4) is 0 Å². The van der Waals surface area contributed by atoms with Crippen LogP contribution in [0.1, 0.15) is 65.2 Å². The number of carbonyl (C=O) groups is 1. The van der Waals surface area contributed by atoms with Crippen LogP contribution in [0.4, 0.5) is 0 Å². The number of primary amides is 1. The Morgan fingerprint density at radius 3 is 2.40 bits per heavy atom. The molecule has 5 nitrogen and oxygen atoms in total. The van der Waals surface area contributed by atoms with Crippen molar-refractivity contribution in [1.82, 2.24) is 10.2 Å². The predicted octanol–water partition coefficient (Wildman–Crippen LogP) is 3.37. The highest BCUT2D eigenvalue weighted by Crippen LogP contribution is 2.30. The van der Waals surface area contributed by atoms with Crippen LogP contribution in [0.15, 0.2) is 4.99 Å². The molecule has 0 spiro atoms. The van der Waals surface area contributed by atoms with Gasteiger partial charge in [0.25, 0.3) is 0 Å². The molecule has 1 unspecified atom stereocenters. The van der Waals surface area contributed by atoms with Crippen LogP contribution >= 0.6 is 24.0 Å². The minimum Gasteiger partial charge on any atom is -0.370 e. The summed E-state index contributed by atoms with van der Waals surface area (Å²) >= 11 is 0. The first-order chi connectivity index (χ1) is 11.6. The molecule has 3 N–H and O–H groups in total. The molecule has 1 amide bonds. The van der Waals surface area contributed by atoms with Crippen molar-refractivity contribution < 1.29 is 4.79 Å². The number of piperidine rings is 1. The zero-order valence-electron chi connectivity index (χ0n) is 16.0. The van der Waals surface area contributed by atoms with Crippen LogP contribution in [0.3, 0.4) is 0 Å². The first-order valence-electron chi connectivity index (χ1n) is 9.93. The average Bonchev–Trinajstić information content (AvgIpc) is 2.58. The molecule has 2 rings (SSSR count). The monoisotopic (exact) mass is 464 g/mol. The van der Waals surface area contributed by atoms with E-state index >= 15 is 0 Å². The topological polar surface area (TPSA) is 70.7 Å². The van der Waals surface area contributed by atoms with Gasteiger partial charge in [0.15, 0.2) is 5.96 Å². The fourth-order valence-corrected chi connectivity index (χ4v) is 4.17. The van der Waals surface area contributed by atoms with Crippen molar-refractivity contribution >= 4 is 35.8 Å². The molecule has 1 saturated heterocycles. The van der Waals surface area contributed by atoms with Crippen LogP contribution in [0, 0.1) is 17.8 Å². The van der Waals surface area contributed by atoms with Crippen molar-refractivity contribution in [2.45, 2.75) is 65.2 Å². The Hall–Kier alpha value is -0.530. The Morgan fingerprint density at radius 1 is 1.12 bits per heavy atom. The molecule has 0 aromatic rings. The third-order valence-electron chi connectivity index (χ3n) is 5.69. The van der Waals surface area contributed by atoms with Crippen molar-refractivity contribution in [3.05, 3.63) is 0 Å². The molecule has 1 aliphatic heterocycles.